The van der Waals surface area contributed by atoms with Gasteiger partial charge >= 0.3 is 0 Å². The van der Waals surface area contributed by atoms with Crippen LogP contribution in [0.2, 0.25) is 5.02 Å². The van der Waals surface area contributed by atoms with Gasteiger partial charge in [0.2, 0.25) is 5.91 Å². The number of hydrogen-bond acceptors (Lipinski definition) is 5. The maximum absolute atomic E-state index is 13.6. The first-order chi connectivity index (χ1) is 17.8. The van der Waals surface area contributed by atoms with Gasteiger partial charge in [-0.2, -0.15) is 0 Å². The number of hydrogen-bond donors (Lipinski definition) is 1. The van der Waals surface area contributed by atoms with Crippen LogP contribution < -0.4 is 15.0 Å². The lowest BCUT2D eigenvalue weighted by atomic mass is 10.00. The van der Waals surface area contributed by atoms with E-state index in [4.69, 9.17) is 16.3 Å². The molecule has 3 aromatic carbocycles. The fourth-order valence-corrected chi connectivity index (χ4v) is 4.97. The molecule has 0 bridgehead atoms. The first-order valence-corrected chi connectivity index (χ1v) is 12.3. The zero-order valence-corrected chi connectivity index (χ0v) is 21.6. The Balaban J connectivity index is 1.41. The van der Waals surface area contributed by atoms with E-state index in [1.54, 1.807) is 59.4 Å². The molecular formula is C28H27ClN4O4. The van der Waals surface area contributed by atoms with Gasteiger partial charge < -0.3 is 24.8 Å². The highest BCUT2D eigenvalue weighted by Gasteiger charge is 2.40. The van der Waals surface area contributed by atoms with Crippen molar-refractivity contribution in [1.29, 1.82) is 0 Å². The van der Waals surface area contributed by atoms with E-state index in [0.29, 0.717) is 34.1 Å². The zero-order chi connectivity index (χ0) is 26.3. The molecule has 0 saturated carbocycles. The summed E-state index contributed by atoms with van der Waals surface area (Å²) in [4.78, 5) is 45.2. The third kappa shape index (κ3) is 4.60. The van der Waals surface area contributed by atoms with Crippen LogP contribution in [0, 0.1) is 0 Å². The molecule has 1 saturated heterocycles. The van der Waals surface area contributed by atoms with Crippen LogP contribution in [0.1, 0.15) is 20.7 Å². The third-order valence-electron chi connectivity index (χ3n) is 6.84. The Morgan fingerprint density at radius 3 is 2.46 bits per heavy atom. The number of piperazine rings is 1. The molecule has 5 rings (SSSR count). The van der Waals surface area contributed by atoms with Crippen LogP contribution in [0.15, 0.2) is 60.7 Å². The fourth-order valence-electron chi connectivity index (χ4n) is 4.79. The Hall–Kier alpha value is -4.04. The van der Waals surface area contributed by atoms with Gasteiger partial charge in [0.1, 0.15) is 11.8 Å². The zero-order valence-electron chi connectivity index (χ0n) is 20.8. The average molecular weight is 519 g/mol. The first-order valence-electron chi connectivity index (χ1n) is 11.9. The summed E-state index contributed by atoms with van der Waals surface area (Å²) in [6.07, 6.45) is 0. The number of rotatable bonds is 4. The highest BCUT2D eigenvalue weighted by atomic mass is 35.5. The highest BCUT2D eigenvalue weighted by Crippen LogP contribution is 2.36. The van der Waals surface area contributed by atoms with Gasteiger partial charge in [0.15, 0.2) is 0 Å². The number of carbonyl (C=O) groups excluding carboxylic acids is 3. The highest BCUT2D eigenvalue weighted by molar-refractivity contribution is 6.31. The van der Waals surface area contributed by atoms with E-state index in [9.17, 15) is 14.4 Å². The molecule has 0 spiro atoms. The standard InChI is InChI=1S/C28H27ClN4O4/c1-31(2)20-8-4-17(5-9-20)27(35)32-12-13-33-24(16-32)26(34)30-23-10-6-18(14-22(23)28(33)36)21-15-19(29)7-11-25(21)37-3/h4-11,14-15,24H,12-13,16H2,1-3H3,(H,30,34)/t24-/m1/s1. The second-order valence-electron chi connectivity index (χ2n) is 9.30. The third-order valence-corrected chi connectivity index (χ3v) is 7.08. The number of nitrogens with one attached hydrogen (secondary N) is 1. The lowest BCUT2D eigenvalue weighted by Gasteiger charge is -2.39. The molecule has 2 heterocycles. The van der Waals surface area contributed by atoms with Crippen LogP contribution in [0.3, 0.4) is 0 Å². The molecule has 3 aromatic rings. The number of anilines is 2. The van der Waals surface area contributed by atoms with Crippen LogP contribution in [0.25, 0.3) is 11.1 Å². The second-order valence-corrected chi connectivity index (χ2v) is 9.74. The summed E-state index contributed by atoms with van der Waals surface area (Å²) in [5.74, 6) is -0.121. The van der Waals surface area contributed by atoms with Crippen molar-refractivity contribution in [3.8, 4) is 16.9 Å². The Bertz CT molecular complexity index is 1390. The average Bonchev–Trinajstić information content (AvgIpc) is 3.01. The Labute approximate surface area is 220 Å². The van der Waals surface area contributed by atoms with E-state index >= 15 is 0 Å². The van der Waals surface area contributed by atoms with Crippen molar-refractivity contribution < 1.29 is 19.1 Å². The number of nitrogens with zero attached hydrogens (tertiary/aromatic N) is 3. The van der Waals surface area contributed by atoms with Crippen molar-refractivity contribution >= 4 is 40.7 Å². The summed E-state index contributed by atoms with van der Waals surface area (Å²) in [5.41, 5.74) is 3.84. The molecule has 0 aliphatic carbocycles. The van der Waals surface area contributed by atoms with Gasteiger partial charge in [0.05, 0.1) is 24.9 Å². The number of benzene rings is 3. The fraction of sp³-hybridized carbons (Fsp3) is 0.250. The predicted octanol–water partition coefficient (Wildman–Crippen LogP) is 4.00. The van der Waals surface area contributed by atoms with E-state index in [1.165, 1.54) is 0 Å². The van der Waals surface area contributed by atoms with E-state index in [-0.39, 0.29) is 30.8 Å². The normalized spacial score (nSPS) is 16.9. The molecular weight excluding hydrogens is 492 g/mol. The molecule has 37 heavy (non-hydrogen) atoms. The Kier molecular flexibility index (Phi) is 6.52. The molecule has 1 fully saturated rings. The molecule has 2 aliphatic rings. The van der Waals surface area contributed by atoms with E-state index in [1.807, 2.05) is 37.2 Å². The van der Waals surface area contributed by atoms with E-state index < -0.39 is 6.04 Å². The molecule has 1 atom stereocenters. The maximum Gasteiger partial charge on any atom is 0.256 e. The Morgan fingerprint density at radius 2 is 1.76 bits per heavy atom. The summed E-state index contributed by atoms with van der Waals surface area (Å²) in [6.45, 7) is 0.707. The molecule has 1 N–H and O–H groups in total. The van der Waals surface area contributed by atoms with E-state index in [0.717, 1.165) is 16.8 Å². The molecule has 190 valence electrons. The topological polar surface area (TPSA) is 82.2 Å². The maximum atomic E-state index is 13.6. The van der Waals surface area contributed by atoms with Gasteiger partial charge in [0, 0.05) is 49.0 Å². The number of amides is 3. The lowest BCUT2D eigenvalue weighted by Crippen LogP contribution is -2.59. The van der Waals surface area contributed by atoms with Gasteiger partial charge in [-0.1, -0.05) is 17.7 Å². The van der Waals surface area contributed by atoms with Gasteiger partial charge in [-0.3, -0.25) is 14.4 Å². The molecule has 0 radical (unpaired) electrons. The molecule has 9 heteroatoms. The minimum Gasteiger partial charge on any atom is -0.496 e. The Morgan fingerprint density at radius 1 is 1.00 bits per heavy atom. The summed E-state index contributed by atoms with van der Waals surface area (Å²) in [7, 11) is 5.44. The summed E-state index contributed by atoms with van der Waals surface area (Å²) >= 11 is 6.22. The lowest BCUT2D eigenvalue weighted by molar-refractivity contribution is -0.121. The largest absolute Gasteiger partial charge is 0.496 e. The van der Waals surface area contributed by atoms with E-state index in [2.05, 4.69) is 5.32 Å². The van der Waals surface area contributed by atoms with Gasteiger partial charge in [-0.05, 0) is 60.2 Å². The first kappa shape index (κ1) is 24.6. The minimum atomic E-state index is -0.789. The number of carbonyl (C=O) groups is 3. The van der Waals surface area contributed by atoms with Crippen molar-refractivity contribution in [1.82, 2.24) is 9.80 Å². The number of fused-ring (bicyclic) bond motifs is 2. The molecule has 2 aliphatic heterocycles. The quantitative estimate of drug-likeness (QED) is 0.564. The molecule has 0 unspecified atom stereocenters. The summed E-state index contributed by atoms with van der Waals surface area (Å²) in [5, 5.41) is 3.43. The molecule has 8 nitrogen and oxygen atoms in total. The van der Waals surface area contributed by atoms with Gasteiger partial charge in [0.25, 0.3) is 11.8 Å². The van der Waals surface area contributed by atoms with Crippen molar-refractivity contribution in [3.63, 3.8) is 0 Å². The predicted molar refractivity (Wildman–Crippen MR) is 144 cm³/mol. The smallest absolute Gasteiger partial charge is 0.256 e. The number of methoxy groups -OCH3 is 1. The summed E-state index contributed by atoms with van der Waals surface area (Å²) < 4.78 is 5.48. The van der Waals surface area contributed by atoms with Crippen molar-refractivity contribution in [2.75, 3.05) is 51.1 Å². The van der Waals surface area contributed by atoms with Crippen LogP contribution >= 0.6 is 11.6 Å². The van der Waals surface area contributed by atoms with Gasteiger partial charge in [-0.15, -0.1) is 0 Å². The van der Waals surface area contributed by atoms with Crippen LogP contribution in [-0.2, 0) is 4.79 Å². The van der Waals surface area contributed by atoms with Gasteiger partial charge in [-0.25, -0.2) is 0 Å². The minimum absolute atomic E-state index is 0.120. The SMILES string of the molecule is COc1ccc(Cl)cc1-c1ccc2c(c1)C(=O)N1CCN(C(=O)c3ccc(N(C)C)cc3)C[C@@H]1C(=O)N2. The van der Waals surface area contributed by atoms with Crippen LogP contribution in [-0.4, -0.2) is 74.4 Å². The van der Waals surface area contributed by atoms with Crippen molar-refractivity contribution in [2.24, 2.45) is 0 Å². The molecule has 0 aromatic heterocycles. The molecule has 3 amide bonds. The number of halogens is 1. The monoisotopic (exact) mass is 518 g/mol. The number of ether oxygens (including phenoxy) is 1. The van der Waals surface area contributed by atoms with Crippen molar-refractivity contribution in [2.45, 2.75) is 6.04 Å². The summed E-state index contributed by atoms with van der Waals surface area (Å²) in [6, 6.07) is 17.1. The van der Waals surface area contributed by atoms with Crippen LogP contribution in [0.4, 0.5) is 11.4 Å². The van der Waals surface area contributed by atoms with Crippen LogP contribution in [0.5, 0.6) is 5.75 Å². The second kappa shape index (κ2) is 9.78. The van der Waals surface area contributed by atoms with Crippen molar-refractivity contribution in [3.05, 3.63) is 76.8 Å².